The zero-order valence-electron chi connectivity index (χ0n) is 17.0. The quantitative estimate of drug-likeness (QED) is 0.171. The van der Waals surface area contributed by atoms with Gasteiger partial charge in [-0.25, -0.2) is 4.98 Å². The zero-order valence-corrected chi connectivity index (χ0v) is 17.8. The van der Waals surface area contributed by atoms with Crippen LogP contribution in [-0.4, -0.2) is 38.4 Å². The Hall–Kier alpha value is -3.07. The van der Waals surface area contributed by atoms with Gasteiger partial charge >= 0.3 is 5.97 Å². The van der Waals surface area contributed by atoms with Crippen molar-refractivity contribution in [3.8, 4) is 5.75 Å². The molecule has 2 aromatic carbocycles. The highest BCUT2D eigenvalue weighted by Gasteiger charge is 2.21. The van der Waals surface area contributed by atoms with Gasteiger partial charge in [0.1, 0.15) is 17.9 Å². The van der Waals surface area contributed by atoms with Crippen LogP contribution in [-0.2, 0) is 16.1 Å². The standard InChI is InChI=1S/C21H23N3O5S/c1-21(2,3)29-19(25)14-23-18-10-9-15(24(26)27)13-17(18)22-20(23)30-12-11-28-16-7-5-4-6-8-16/h4-10,13H,11-12,14H2,1-3H3. The minimum atomic E-state index is -0.608. The number of rotatable bonds is 8. The molecule has 158 valence electrons. The first-order valence-electron chi connectivity index (χ1n) is 9.40. The molecule has 8 nitrogen and oxygen atoms in total. The number of fused-ring (bicyclic) bond motifs is 1. The van der Waals surface area contributed by atoms with Gasteiger partial charge in [-0.3, -0.25) is 14.9 Å². The van der Waals surface area contributed by atoms with Crippen LogP contribution < -0.4 is 4.74 Å². The predicted molar refractivity (Wildman–Crippen MR) is 115 cm³/mol. The molecule has 1 heterocycles. The minimum absolute atomic E-state index is 0.0343. The van der Waals surface area contributed by atoms with E-state index >= 15 is 0 Å². The molecular formula is C21H23N3O5S. The fourth-order valence-electron chi connectivity index (χ4n) is 2.78. The lowest BCUT2D eigenvalue weighted by Gasteiger charge is -2.20. The van der Waals surface area contributed by atoms with Crippen LogP contribution >= 0.6 is 11.8 Å². The summed E-state index contributed by atoms with van der Waals surface area (Å²) < 4.78 is 12.9. The summed E-state index contributed by atoms with van der Waals surface area (Å²) in [6.45, 7) is 5.82. The Morgan fingerprint density at radius 1 is 1.20 bits per heavy atom. The Morgan fingerprint density at radius 2 is 1.93 bits per heavy atom. The molecule has 1 aromatic heterocycles. The summed E-state index contributed by atoms with van der Waals surface area (Å²) in [4.78, 5) is 27.5. The summed E-state index contributed by atoms with van der Waals surface area (Å²) in [6.07, 6.45) is 0. The number of hydrogen-bond donors (Lipinski definition) is 0. The van der Waals surface area contributed by atoms with Crippen LogP contribution in [0.4, 0.5) is 5.69 Å². The van der Waals surface area contributed by atoms with Gasteiger partial charge in [-0.1, -0.05) is 30.0 Å². The van der Waals surface area contributed by atoms with Crippen molar-refractivity contribution < 1.29 is 19.2 Å². The summed E-state index contributed by atoms with van der Waals surface area (Å²) in [5.74, 6) is 0.966. The van der Waals surface area contributed by atoms with Gasteiger partial charge in [0, 0.05) is 17.9 Å². The van der Waals surface area contributed by atoms with E-state index in [4.69, 9.17) is 9.47 Å². The van der Waals surface area contributed by atoms with Crippen LogP contribution in [0.3, 0.4) is 0 Å². The Bertz CT molecular complexity index is 1040. The SMILES string of the molecule is CC(C)(C)OC(=O)Cn1c(SCCOc2ccccc2)nc2cc([N+](=O)[O-])ccc21. The van der Waals surface area contributed by atoms with Crippen molar-refractivity contribution in [3.05, 3.63) is 58.6 Å². The first kappa shape index (κ1) is 21.6. The van der Waals surface area contributed by atoms with Crippen molar-refractivity contribution in [1.29, 1.82) is 0 Å². The summed E-state index contributed by atoms with van der Waals surface area (Å²) in [7, 11) is 0. The first-order valence-corrected chi connectivity index (χ1v) is 10.4. The van der Waals surface area contributed by atoms with Gasteiger partial charge in [-0.2, -0.15) is 0 Å². The van der Waals surface area contributed by atoms with Crippen molar-refractivity contribution in [1.82, 2.24) is 9.55 Å². The molecule has 0 aliphatic carbocycles. The van der Waals surface area contributed by atoms with E-state index in [0.29, 0.717) is 28.5 Å². The van der Waals surface area contributed by atoms with E-state index in [9.17, 15) is 14.9 Å². The van der Waals surface area contributed by atoms with Gasteiger partial charge < -0.3 is 14.0 Å². The van der Waals surface area contributed by atoms with Crippen molar-refractivity contribution >= 4 is 34.5 Å². The number of carbonyl (C=O) groups excluding carboxylic acids is 1. The fraction of sp³-hybridized carbons (Fsp3) is 0.333. The molecule has 0 aliphatic heterocycles. The van der Waals surface area contributed by atoms with E-state index in [0.717, 1.165) is 5.75 Å². The molecule has 0 spiro atoms. The normalized spacial score (nSPS) is 11.4. The second kappa shape index (κ2) is 9.17. The largest absolute Gasteiger partial charge is 0.493 e. The number of carbonyl (C=O) groups is 1. The zero-order chi connectivity index (χ0) is 21.7. The number of para-hydroxylation sites is 1. The van der Waals surface area contributed by atoms with Crippen LogP contribution in [0.25, 0.3) is 11.0 Å². The molecule has 0 aliphatic rings. The average molecular weight is 429 g/mol. The Balaban J connectivity index is 1.79. The fourth-order valence-corrected chi connectivity index (χ4v) is 3.62. The third kappa shape index (κ3) is 5.73. The highest BCUT2D eigenvalue weighted by molar-refractivity contribution is 7.99. The third-order valence-electron chi connectivity index (χ3n) is 3.94. The van der Waals surface area contributed by atoms with Crippen molar-refractivity contribution in [2.45, 2.75) is 38.1 Å². The number of imidazole rings is 1. The maximum atomic E-state index is 12.4. The van der Waals surface area contributed by atoms with E-state index in [1.165, 1.54) is 23.9 Å². The number of hydrogen-bond acceptors (Lipinski definition) is 7. The average Bonchev–Trinajstić information content (AvgIpc) is 3.01. The summed E-state index contributed by atoms with van der Waals surface area (Å²) in [5, 5.41) is 11.7. The molecule has 0 unspecified atom stereocenters. The van der Waals surface area contributed by atoms with Gasteiger partial charge in [0.25, 0.3) is 5.69 Å². The van der Waals surface area contributed by atoms with Crippen LogP contribution in [0.1, 0.15) is 20.8 Å². The number of ether oxygens (including phenoxy) is 2. The number of esters is 1. The molecule has 0 fully saturated rings. The maximum absolute atomic E-state index is 12.4. The van der Waals surface area contributed by atoms with Crippen molar-refractivity contribution in [2.24, 2.45) is 0 Å². The van der Waals surface area contributed by atoms with Crippen LogP contribution in [0.15, 0.2) is 53.7 Å². The van der Waals surface area contributed by atoms with Crippen LogP contribution in [0.5, 0.6) is 5.75 Å². The topological polar surface area (TPSA) is 96.5 Å². The lowest BCUT2D eigenvalue weighted by atomic mass is 10.2. The smallest absolute Gasteiger partial charge is 0.326 e. The van der Waals surface area contributed by atoms with E-state index in [1.807, 2.05) is 30.3 Å². The molecule has 0 saturated heterocycles. The van der Waals surface area contributed by atoms with Crippen molar-refractivity contribution in [2.75, 3.05) is 12.4 Å². The van der Waals surface area contributed by atoms with Crippen molar-refractivity contribution in [3.63, 3.8) is 0 Å². The van der Waals surface area contributed by atoms with E-state index in [2.05, 4.69) is 4.98 Å². The van der Waals surface area contributed by atoms with Crippen LogP contribution in [0, 0.1) is 10.1 Å². The molecule has 0 saturated carbocycles. The van der Waals surface area contributed by atoms with Gasteiger partial charge in [0.05, 0.1) is 22.6 Å². The molecule has 0 amide bonds. The number of nitrogens with zero attached hydrogens (tertiary/aromatic N) is 3. The first-order chi connectivity index (χ1) is 14.2. The van der Waals surface area contributed by atoms with Gasteiger partial charge in [-0.15, -0.1) is 0 Å². The Labute approximate surface area is 178 Å². The van der Waals surface area contributed by atoms with Gasteiger partial charge in [-0.05, 0) is 39.0 Å². The summed E-state index contributed by atoms with van der Waals surface area (Å²) in [6, 6.07) is 13.9. The number of aromatic nitrogens is 2. The maximum Gasteiger partial charge on any atom is 0.326 e. The molecule has 0 atom stereocenters. The Morgan fingerprint density at radius 3 is 2.60 bits per heavy atom. The highest BCUT2D eigenvalue weighted by Crippen LogP contribution is 2.27. The molecule has 0 N–H and O–H groups in total. The Kier molecular flexibility index (Phi) is 6.61. The number of thioether (sulfide) groups is 1. The highest BCUT2D eigenvalue weighted by atomic mass is 32.2. The predicted octanol–water partition coefficient (Wildman–Crippen LogP) is 4.46. The third-order valence-corrected chi connectivity index (χ3v) is 4.88. The number of non-ortho nitro benzene ring substituents is 1. The number of nitro benzene ring substituents is 1. The molecule has 30 heavy (non-hydrogen) atoms. The number of nitro groups is 1. The number of benzene rings is 2. The summed E-state index contributed by atoms with van der Waals surface area (Å²) in [5.41, 5.74) is 0.439. The molecule has 9 heteroatoms. The van der Waals surface area contributed by atoms with E-state index in [1.54, 1.807) is 31.4 Å². The molecule has 3 aromatic rings. The monoisotopic (exact) mass is 429 g/mol. The molecule has 0 radical (unpaired) electrons. The second-order valence-electron chi connectivity index (χ2n) is 7.51. The van der Waals surface area contributed by atoms with Gasteiger partial charge in [0.2, 0.25) is 0 Å². The molecule has 3 rings (SSSR count). The lowest BCUT2D eigenvalue weighted by molar-refractivity contribution is -0.384. The summed E-state index contributed by atoms with van der Waals surface area (Å²) >= 11 is 1.42. The van der Waals surface area contributed by atoms with Gasteiger partial charge in [0.15, 0.2) is 5.16 Å². The van der Waals surface area contributed by atoms with Crippen LogP contribution in [0.2, 0.25) is 0 Å². The molecular weight excluding hydrogens is 406 g/mol. The minimum Gasteiger partial charge on any atom is -0.493 e. The molecule has 0 bridgehead atoms. The van der Waals surface area contributed by atoms with E-state index < -0.39 is 16.5 Å². The van der Waals surface area contributed by atoms with E-state index in [-0.39, 0.29) is 12.2 Å². The lowest BCUT2D eigenvalue weighted by Crippen LogP contribution is -2.26. The second-order valence-corrected chi connectivity index (χ2v) is 8.57.